The van der Waals surface area contributed by atoms with Gasteiger partial charge < -0.3 is 19.1 Å². The molecule has 0 N–H and O–H groups in total. The molecule has 150 valence electrons. The Morgan fingerprint density at radius 1 is 1.07 bits per heavy atom. The third-order valence-electron chi connectivity index (χ3n) is 4.37. The van der Waals surface area contributed by atoms with Crippen LogP contribution in [0.3, 0.4) is 0 Å². The fraction of sp³-hybridized carbons (Fsp3) is 0.318. The molecule has 0 radical (unpaired) electrons. The lowest BCUT2D eigenvalue weighted by Crippen LogP contribution is -2.35. The second kappa shape index (κ2) is 9.11. The van der Waals surface area contributed by atoms with Gasteiger partial charge in [-0.05, 0) is 38.1 Å². The number of hydrogen-bond acceptors (Lipinski definition) is 6. The Hall–Kier alpha value is -3.53. The highest BCUT2D eigenvalue weighted by atomic mass is 16.6. The van der Waals surface area contributed by atoms with Gasteiger partial charge in [0, 0.05) is 18.3 Å². The number of amides is 1. The Morgan fingerprint density at radius 3 is 2.45 bits per heavy atom. The minimum atomic E-state index is -0.562. The molecule has 0 saturated heterocycles. The van der Waals surface area contributed by atoms with E-state index in [1.54, 1.807) is 30.3 Å². The van der Waals surface area contributed by atoms with Crippen LogP contribution in [-0.4, -0.2) is 38.2 Å². The van der Waals surface area contributed by atoms with Gasteiger partial charge in [-0.15, -0.1) is 0 Å². The molecule has 3 rings (SSSR count). The number of benzene rings is 2. The van der Waals surface area contributed by atoms with Gasteiger partial charge in [-0.2, -0.15) is 5.26 Å². The van der Waals surface area contributed by atoms with Crippen molar-refractivity contribution in [1.82, 2.24) is 0 Å². The number of rotatable bonds is 6. The standard InChI is InChI=1S/C22H22N2O5/c1-15-10-16(2)12-17(11-15)22(26)29-14-21(25)24(7-3-6-23)18-4-5-19-20(13-18)28-9-8-27-19/h4-5,10-13H,3,7-9,14H2,1-2H3. The van der Waals surface area contributed by atoms with Crippen LogP contribution in [0.4, 0.5) is 5.69 Å². The predicted octanol–water partition coefficient (Wildman–Crippen LogP) is 3.18. The van der Waals surface area contributed by atoms with Crippen LogP contribution < -0.4 is 14.4 Å². The molecule has 0 fully saturated rings. The summed E-state index contributed by atoms with van der Waals surface area (Å²) in [6, 6.07) is 12.5. The molecule has 1 aliphatic rings. The molecule has 0 saturated carbocycles. The first-order valence-electron chi connectivity index (χ1n) is 9.30. The average Bonchev–Trinajstić information content (AvgIpc) is 2.71. The first-order valence-corrected chi connectivity index (χ1v) is 9.30. The zero-order chi connectivity index (χ0) is 20.8. The van der Waals surface area contributed by atoms with Gasteiger partial charge >= 0.3 is 5.97 Å². The van der Waals surface area contributed by atoms with Crippen LogP contribution in [0, 0.1) is 25.2 Å². The molecule has 1 amide bonds. The highest BCUT2D eigenvalue weighted by molar-refractivity contribution is 5.97. The summed E-state index contributed by atoms with van der Waals surface area (Å²) >= 11 is 0. The molecule has 0 spiro atoms. The van der Waals surface area contributed by atoms with Crippen molar-refractivity contribution in [3.63, 3.8) is 0 Å². The van der Waals surface area contributed by atoms with Gasteiger partial charge in [0.1, 0.15) is 13.2 Å². The zero-order valence-corrected chi connectivity index (χ0v) is 16.4. The van der Waals surface area contributed by atoms with Crippen molar-refractivity contribution in [3.8, 4) is 17.6 Å². The molecule has 1 aliphatic heterocycles. The maximum absolute atomic E-state index is 12.8. The minimum absolute atomic E-state index is 0.144. The summed E-state index contributed by atoms with van der Waals surface area (Å²) in [4.78, 5) is 26.5. The lowest BCUT2D eigenvalue weighted by molar-refractivity contribution is -0.121. The highest BCUT2D eigenvalue weighted by Crippen LogP contribution is 2.34. The van der Waals surface area contributed by atoms with Crippen molar-refractivity contribution in [3.05, 3.63) is 53.1 Å². The fourth-order valence-corrected chi connectivity index (χ4v) is 3.14. The molecule has 2 aromatic carbocycles. The molecule has 0 aromatic heterocycles. The number of anilines is 1. The van der Waals surface area contributed by atoms with E-state index in [0.29, 0.717) is 36.0 Å². The van der Waals surface area contributed by atoms with Crippen molar-refractivity contribution < 1.29 is 23.8 Å². The van der Waals surface area contributed by atoms with Crippen LogP contribution in [0.2, 0.25) is 0 Å². The molecule has 1 heterocycles. The Balaban J connectivity index is 1.72. The molecular weight excluding hydrogens is 372 g/mol. The van der Waals surface area contributed by atoms with E-state index in [0.717, 1.165) is 11.1 Å². The van der Waals surface area contributed by atoms with Crippen LogP contribution in [-0.2, 0) is 9.53 Å². The van der Waals surface area contributed by atoms with Crippen LogP contribution >= 0.6 is 0 Å². The minimum Gasteiger partial charge on any atom is -0.486 e. The topological polar surface area (TPSA) is 88.9 Å². The number of nitrogens with zero attached hydrogens (tertiary/aromatic N) is 2. The number of carbonyl (C=O) groups excluding carboxylic acids is 2. The van der Waals surface area contributed by atoms with Crippen molar-refractivity contribution in [1.29, 1.82) is 5.26 Å². The van der Waals surface area contributed by atoms with E-state index in [-0.39, 0.29) is 13.0 Å². The highest BCUT2D eigenvalue weighted by Gasteiger charge is 2.21. The second-order valence-electron chi connectivity index (χ2n) is 6.73. The summed E-state index contributed by atoms with van der Waals surface area (Å²) in [5.41, 5.74) is 2.83. The smallest absolute Gasteiger partial charge is 0.338 e. The molecule has 0 unspecified atom stereocenters. The third-order valence-corrected chi connectivity index (χ3v) is 4.37. The van der Waals surface area contributed by atoms with E-state index in [2.05, 4.69) is 0 Å². The van der Waals surface area contributed by atoms with E-state index in [1.165, 1.54) is 4.90 Å². The maximum Gasteiger partial charge on any atom is 0.338 e. The molecule has 2 aromatic rings. The summed E-state index contributed by atoms with van der Waals surface area (Å²) in [5, 5.41) is 8.94. The molecule has 0 atom stereocenters. The van der Waals surface area contributed by atoms with E-state index in [9.17, 15) is 9.59 Å². The summed E-state index contributed by atoms with van der Waals surface area (Å²) in [7, 11) is 0. The van der Waals surface area contributed by atoms with Gasteiger partial charge in [0.2, 0.25) is 0 Å². The molecule has 7 nitrogen and oxygen atoms in total. The zero-order valence-electron chi connectivity index (χ0n) is 16.4. The van der Waals surface area contributed by atoms with Gasteiger partial charge in [0.15, 0.2) is 18.1 Å². The summed E-state index contributed by atoms with van der Waals surface area (Å²) in [5.74, 6) is 0.159. The number of nitriles is 1. The van der Waals surface area contributed by atoms with Crippen LogP contribution in [0.5, 0.6) is 11.5 Å². The number of hydrogen-bond donors (Lipinski definition) is 0. The first-order chi connectivity index (χ1) is 14.0. The Kier molecular flexibility index (Phi) is 6.35. The fourth-order valence-electron chi connectivity index (χ4n) is 3.14. The number of esters is 1. The van der Waals surface area contributed by atoms with Crippen LogP contribution in [0.25, 0.3) is 0 Å². The quantitative estimate of drug-likeness (QED) is 0.699. The predicted molar refractivity (Wildman–Crippen MR) is 106 cm³/mol. The molecular formula is C22H22N2O5. The molecule has 7 heteroatoms. The lowest BCUT2D eigenvalue weighted by atomic mass is 10.1. The molecule has 0 aliphatic carbocycles. The molecule has 29 heavy (non-hydrogen) atoms. The summed E-state index contributed by atoms with van der Waals surface area (Å²) in [6.07, 6.45) is 0.144. The normalized spacial score (nSPS) is 12.0. The van der Waals surface area contributed by atoms with E-state index in [4.69, 9.17) is 19.5 Å². The SMILES string of the molecule is Cc1cc(C)cc(C(=O)OCC(=O)N(CCC#N)c2ccc3c(c2)OCCO3)c1. The van der Waals surface area contributed by atoms with Crippen LogP contribution in [0.15, 0.2) is 36.4 Å². The van der Waals surface area contributed by atoms with Crippen LogP contribution in [0.1, 0.15) is 27.9 Å². The summed E-state index contributed by atoms with van der Waals surface area (Å²) in [6.45, 7) is 4.43. The number of fused-ring (bicyclic) bond motifs is 1. The van der Waals surface area contributed by atoms with E-state index < -0.39 is 18.5 Å². The number of aryl methyl sites for hydroxylation is 2. The second-order valence-corrected chi connectivity index (χ2v) is 6.73. The Morgan fingerprint density at radius 2 is 1.76 bits per heavy atom. The van der Waals surface area contributed by atoms with Gasteiger partial charge in [-0.25, -0.2) is 4.79 Å². The van der Waals surface area contributed by atoms with Crippen molar-refractivity contribution in [2.24, 2.45) is 0 Å². The average molecular weight is 394 g/mol. The molecule has 0 bridgehead atoms. The summed E-state index contributed by atoms with van der Waals surface area (Å²) < 4.78 is 16.3. The van der Waals surface area contributed by atoms with Gasteiger partial charge in [0.25, 0.3) is 5.91 Å². The van der Waals surface area contributed by atoms with Gasteiger partial charge in [-0.3, -0.25) is 4.79 Å². The van der Waals surface area contributed by atoms with E-state index >= 15 is 0 Å². The van der Waals surface area contributed by atoms with Crippen molar-refractivity contribution >= 4 is 17.6 Å². The maximum atomic E-state index is 12.8. The number of carbonyl (C=O) groups is 2. The Bertz CT molecular complexity index is 944. The van der Waals surface area contributed by atoms with E-state index in [1.807, 2.05) is 26.0 Å². The van der Waals surface area contributed by atoms with Crippen molar-refractivity contribution in [2.75, 3.05) is 31.3 Å². The number of ether oxygens (including phenoxy) is 3. The Labute approximate surface area is 169 Å². The van der Waals surface area contributed by atoms with Gasteiger partial charge in [0.05, 0.1) is 18.1 Å². The third kappa shape index (κ3) is 5.05. The monoisotopic (exact) mass is 394 g/mol. The van der Waals surface area contributed by atoms with Crippen molar-refractivity contribution in [2.45, 2.75) is 20.3 Å². The lowest BCUT2D eigenvalue weighted by Gasteiger charge is -2.24. The van der Waals surface area contributed by atoms with Gasteiger partial charge in [-0.1, -0.05) is 17.2 Å². The largest absolute Gasteiger partial charge is 0.486 e. The first kappa shape index (κ1) is 20.2.